The summed E-state index contributed by atoms with van der Waals surface area (Å²) in [7, 11) is 0. The lowest BCUT2D eigenvalue weighted by molar-refractivity contribution is -0.143. The number of para-hydroxylation sites is 1. The minimum atomic E-state index is -5.14. The Kier molecular flexibility index (Phi) is 8.47. The Hall–Kier alpha value is -6.50. The molecule has 2 heterocycles. The number of halogens is 9. The largest absolute Gasteiger partial charge is 0.416 e. The number of rotatable bonds is 5. The van der Waals surface area contributed by atoms with Gasteiger partial charge in [0.15, 0.2) is 17.5 Å². The van der Waals surface area contributed by atoms with E-state index in [1.165, 1.54) is 24.3 Å². The first-order chi connectivity index (χ1) is 26.1. The number of alkyl halides is 9. The van der Waals surface area contributed by atoms with Crippen molar-refractivity contribution < 1.29 is 39.5 Å². The third kappa shape index (κ3) is 6.77. The van der Waals surface area contributed by atoms with Crippen molar-refractivity contribution in [2.45, 2.75) is 18.5 Å². The Morgan fingerprint density at radius 1 is 0.364 bits per heavy atom. The number of aromatic nitrogens is 4. The van der Waals surface area contributed by atoms with Gasteiger partial charge < -0.3 is 4.57 Å². The van der Waals surface area contributed by atoms with Crippen molar-refractivity contribution in [1.82, 2.24) is 19.5 Å². The van der Waals surface area contributed by atoms with E-state index in [0.29, 0.717) is 39.5 Å². The fourth-order valence-corrected chi connectivity index (χ4v) is 6.57. The third-order valence-corrected chi connectivity index (χ3v) is 9.10. The van der Waals surface area contributed by atoms with Gasteiger partial charge in [-0.3, -0.25) is 0 Å². The van der Waals surface area contributed by atoms with Crippen LogP contribution in [0.25, 0.3) is 72.8 Å². The van der Waals surface area contributed by atoms with Gasteiger partial charge in [-0.25, -0.2) is 15.0 Å². The highest BCUT2D eigenvalue weighted by atomic mass is 19.4. The molecule has 0 spiro atoms. The van der Waals surface area contributed by atoms with Crippen LogP contribution in [0, 0.1) is 0 Å². The van der Waals surface area contributed by atoms with Crippen LogP contribution in [-0.2, 0) is 18.5 Å². The van der Waals surface area contributed by atoms with Gasteiger partial charge in [0.05, 0.1) is 27.7 Å². The second kappa shape index (κ2) is 13.1. The quantitative estimate of drug-likeness (QED) is 0.164. The fraction of sp³-hybridized carbons (Fsp3) is 0.0714. The zero-order valence-electron chi connectivity index (χ0n) is 28.0. The number of nitrogens with zero attached hydrogens (tertiary/aromatic N) is 4. The van der Waals surface area contributed by atoms with Crippen molar-refractivity contribution in [2.24, 2.45) is 0 Å². The average molecular weight is 755 g/mol. The number of hydrogen-bond acceptors (Lipinski definition) is 3. The molecule has 0 amide bonds. The normalized spacial score (nSPS) is 12.5. The molecule has 0 aliphatic heterocycles. The highest BCUT2D eigenvalue weighted by molar-refractivity contribution is 6.09. The predicted molar refractivity (Wildman–Crippen MR) is 191 cm³/mol. The lowest BCUT2D eigenvalue weighted by Crippen LogP contribution is -2.11. The molecule has 4 nitrogen and oxygen atoms in total. The molecule has 6 aromatic carbocycles. The molecule has 8 aromatic rings. The van der Waals surface area contributed by atoms with Crippen LogP contribution < -0.4 is 0 Å². The zero-order chi connectivity index (χ0) is 38.7. The van der Waals surface area contributed by atoms with E-state index in [2.05, 4.69) is 4.98 Å². The SMILES string of the molecule is FC(F)(F)c1cc(-c2ccc(-n3c4ccccc4c4ccc(C(F)(F)F)cc43)cc2-c2nc(-c3ccccc3)nc(-c3ccccc3)n2)cc(C(F)(F)F)c1. The van der Waals surface area contributed by atoms with Crippen LogP contribution in [0.3, 0.4) is 0 Å². The first kappa shape index (κ1) is 35.5. The van der Waals surface area contributed by atoms with Gasteiger partial charge in [-0.05, 0) is 59.7 Å². The number of benzene rings is 6. The van der Waals surface area contributed by atoms with Crippen LogP contribution in [0.1, 0.15) is 16.7 Å². The Balaban J connectivity index is 1.47. The van der Waals surface area contributed by atoms with Crippen LogP contribution in [-0.4, -0.2) is 19.5 Å². The van der Waals surface area contributed by atoms with Crippen LogP contribution >= 0.6 is 0 Å². The summed E-state index contributed by atoms with van der Waals surface area (Å²) in [5.74, 6) is 0.215. The molecule has 274 valence electrons. The maximum Gasteiger partial charge on any atom is 0.416 e. The summed E-state index contributed by atoms with van der Waals surface area (Å²) in [6, 6.07) is 33.1. The summed E-state index contributed by atoms with van der Waals surface area (Å²) in [5, 5.41) is 1.10. The third-order valence-electron chi connectivity index (χ3n) is 9.10. The highest BCUT2D eigenvalue weighted by Gasteiger charge is 2.37. The minimum absolute atomic E-state index is 0.000353. The van der Waals surface area contributed by atoms with E-state index in [1.54, 1.807) is 89.5 Å². The molecule has 0 bridgehead atoms. The second-order valence-electron chi connectivity index (χ2n) is 12.6. The van der Waals surface area contributed by atoms with Crippen molar-refractivity contribution in [1.29, 1.82) is 0 Å². The molecule has 0 radical (unpaired) electrons. The van der Waals surface area contributed by atoms with Crippen LogP contribution in [0.5, 0.6) is 0 Å². The molecule has 0 atom stereocenters. The number of fused-ring (bicyclic) bond motifs is 3. The highest BCUT2D eigenvalue weighted by Crippen LogP contribution is 2.43. The van der Waals surface area contributed by atoms with Gasteiger partial charge in [-0.2, -0.15) is 39.5 Å². The molecule has 0 saturated carbocycles. The zero-order valence-corrected chi connectivity index (χ0v) is 28.0. The summed E-state index contributed by atoms with van der Waals surface area (Å²) < 4.78 is 128. The summed E-state index contributed by atoms with van der Waals surface area (Å²) >= 11 is 0. The van der Waals surface area contributed by atoms with Crippen molar-refractivity contribution in [3.63, 3.8) is 0 Å². The first-order valence-electron chi connectivity index (χ1n) is 16.6. The van der Waals surface area contributed by atoms with Crippen molar-refractivity contribution in [3.8, 4) is 51.0 Å². The van der Waals surface area contributed by atoms with E-state index in [9.17, 15) is 39.5 Å². The second-order valence-corrected chi connectivity index (χ2v) is 12.6. The maximum atomic E-state index is 14.1. The van der Waals surface area contributed by atoms with Crippen LogP contribution in [0.15, 0.2) is 140 Å². The van der Waals surface area contributed by atoms with Crippen molar-refractivity contribution in [2.75, 3.05) is 0 Å². The summed E-state index contributed by atoms with van der Waals surface area (Å²) in [6.45, 7) is 0. The molecule has 8 rings (SSSR count). The molecule has 0 unspecified atom stereocenters. The summed E-state index contributed by atoms with van der Waals surface area (Å²) in [4.78, 5) is 14.0. The van der Waals surface area contributed by atoms with E-state index in [-0.39, 0.29) is 45.9 Å². The number of hydrogen-bond donors (Lipinski definition) is 0. The van der Waals surface area contributed by atoms with Crippen LogP contribution in [0.4, 0.5) is 39.5 Å². The predicted octanol–water partition coefficient (Wildman–Crippen LogP) is 12.7. The van der Waals surface area contributed by atoms with Crippen molar-refractivity contribution in [3.05, 3.63) is 156 Å². The van der Waals surface area contributed by atoms with E-state index < -0.39 is 40.8 Å². The van der Waals surface area contributed by atoms with E-state index in [1.807, 2.05) is 0 Å². The van der Waals surface area contributed by atoms with E-state index in [4.69, 9.17) is 9.97 Å². The Morgan fingerprint density at radius 3 is 1.44 bits per heavy atom. The van der Waals surface area contributed by atoms with Crippen molar-refractivity contribution >= 4 is 21.8 Å². The van der Waals surface area contributed by atoms with E-state index >= 15 is 0 Å². The molecular formula is C42H23F9N4. The Morgan fingerprint density at radius 2 is 0.873 bits per heavy atom. The lowest BCUT2D eigenvalue weighted by Gasteiger charge is -2.18. The standard InChI is InChI=1S/C42H23F9N4/c43-40(44,45)27-15-17-33-32-13-7-8-14-35(32)55(36(33)22-27)30-16-18-31(26-19-28(41(46,47)48)21-29(20-26)42(49,50)51)34(23-30)39-53-37(24-9-3-1-4-10-24)52-38(54-39)25-11-5-2-6-12-25/h1-23H. The smallest absolute Gasteiger partial charge is 0.309 e. The summed E-state index contributed by atoms with van der Waals surface area (Å²) in [5.41, 5.74) is -2.51. The van der Waals surface area contributed by atoms with Gasteiger partial charge in [-0.1, -0.05) is 91.0 Å². The van der Waals surface area contributed by atoms with Gasteiger partial charge in [0, 0.05) is 33.2 Å². The maximum absolute atomic E-state index is 14.1. The molecule has 0 N–H and O–H groups in total. The van der Waals surface area contributed by atoms with Gasteiger partial charge in [0.2, 0.25) is 0 Å². The molecular weight excluding hydrogens is 731 g/mol. The lowest BCUT2D eigenvalue weighted by atomic mass is 9.94. The van der Waals surface area contributed by atoms with Gasteiger partial charge >= 0.3 is 18.5 Å². The molecule has 0 fully saturated rings. The monoisotopic (exact) mass is 754 g/mol. The Labute approximate surface area is 306 Å². The molecule has 13 heteroatoms. The molecule has 0 aliphatic carbocycles. The Bertz CT molecular complexity index is 2630. The van der Waals surface area contributed by atoms with Gasteiger partial charge in [0.1, 0.15) is 0 Å². The van der Waals surface area contributed by atoms with Crippen LogP contribution in [0.2, 0.25) is 0 Å². The topological polar surface area (TPSA) is 43.6 Å². The molecule has 55 heavy (non-hydrogen) atoms. The molecule has 0 aliphatic rings. The fourth-order valence-electron chi connectivity index (χ4n) is 6.57. The van der Waals surface area contributed by atoms with Gasteiger partial charge in [-0.15, -0.1) is 0 Å². The molecule has 0 saturated heterocycles. The molecule has 2 aromatic heterocycles. The average Bonchev–Trinajstić information content (AvgIpc) is 3.51. The van der Waals surface area contributed by atoms with Gasteiger partial charge in [0.25, 0.3) is 0 Å². The summed E-state index contributed by atoms with van der Waals surface area (Å²) in [6.07, 6.45) is -15.0. The van der Waals surface area contributed by atoms with E-state index in [0.717, 1.165) is 12.1 Å². The first-order valence-corrected chi connectivity index (χ1v) is 16.6. The minimum Gasteiger partial charge on any atom is -0.309 e.